The van der Waals surface area contributed by atoms with Crippen LogP contribution in [0.2, 0.25) is 0 Å². The van der Waals surface area contributed by atoms with Gasteiger partial charge in [-0.1, -0.05) is 30.3 Å². The zero-order valence-corrected chi connectivity index (χ0v) is 16.3. The van der Waals surface area contributed by atoms with Crippen molar-refractivity contribution in [1.82, 2.24) is 10.2 Å². The van der Waals surface area contributed by atoms with Gasteiger partial charge in [-0.25, -0.2) is 0 Å². The molecule has 1 aromatic rings. The molecular weight excluding hydrogens is 334 g/mol. The van der Waals surface area contributed by atoms with Gasteiger partial charge in [-0.15, -0.1) is 11.8 Å². The van der Waals surface area contributed by atoms with Crippen molar-refractivity contribution in [2.45, 2.75) is 32.1 Å². The van der Waals surface area contributed by atoms with Crippen molar-refractivity contribution >= 4 is 23.6 Å². The van der Waals surface area contributed by atoms with E-state index in [1.807, 2.05) is 43.9 Å². The van der Waals surface area contributed by atoms with Gasteiger partial charge < -0.3 is 15.1 Å². The maximum Gasteiger partial charge on any atom is 0.275 e. The first kappa shape index (κ1) is 19.8. The number of piperazine rings is 1. The summed E-state index contributed by atoms with van der Waals surface area (Å²) in [6.45, 7) is 9.62. The molecule has 1 heterocycles. The second-order valence-electron chi connectivity index (χ2n) is 7.58. The zero-order valence-electron chi connectivity index (χ0n) is 15.5. The Morgan fingerprint density at radius 2 is 1.80 bits per heavy atom. The van der Waals surface area contributed by atoms with E-state index in [-0.39, 0.29) is 17.4 Å². The van der Waals surface area contributed by atoms with Gasteiger partial charge in [0.15, 0.2) is 6.54 Å². The van der Waals surface area contributed by atoms with E-state index < -0.39 is 0 Å². The number of carbonyl (C=O) groups is 2. The Bertz CT molecular complexity index is 564. The van der Waals surface area contributed by atoms with Crippen molar-refractivity contribution in [2.24, 2.45) is 0 Å². The molecule has 25 heavy (non-hydrogen) atoms. The van der Waals surface area contributed by atoms with Gasteiger partial charge >= 0.3 is 0 Å². The van der Waals surface area contributed by atoms with Crippen molar-refractivity contribution < 1.29 is 14.5 Å². The molecule has 2 rings (SSSR count). The number of thioether (sulfide) groups is 1. The van der Waals surface area contributed by atoms with Crippen LogP contribution in [0.1, 0.15) is 26.3 Å². The Kier molecular flexibility index (Phi) is 7.32. The number of rotatable bonds is 6. The van der Waals surface area contributed by atoms with Crippen molar-refractivity contribution in [3.05, 3.63) is 35.9 Å². The number of nitrogens with one attached hydrogen (secondary N) is 2. The molecule has 0 spiro atoms. The molecule has 1 fully saturated rings. The van der Waals surface area contributed by atoms with Gasteiger partial charge in [-0.3, -0.25) is 9.59 Å². The SMILES string of the molecule is CC(C)(C)NC(=O)C[NH+]1CCN(C(=O)CSCc2ccccc2)CC1. The molecule has 0 bridgehead atoms. The molecule has 6 heteroatoms. The zero-order chi connectivity index (χ0) is 18.3. The highest BCUT2D eigenvalue weighted by Gasteiger charge is 2.26. The van der Waals surface area contributed by atoms with E-state index in [0.717, 1.165) is 31.9 Å². The molecule has 0 aliphatic carbocycles. The maximum atomic E-state index is 12.3. The lowest BCUT2D eigenvalue weighted by molar-refractivity contribution is -0.896. The van der Waals surface area contributed by atoms with E-state index >= 15 is 0 Å². The van der Waals surface area contributed by atoms with Gasteiger partial charge in [-0.05, 0) is 26.3 Å². The van der Waals surface area contributed by atoms with Crippen LogP contribution in [0.5, 0.6) is 0 Å². The number of amides is 2. The number of quaternary nitrogens is 1. The Hall–Kier alpha value is -1.53. The molecule has 5 nitrogen and oxygen atoms in total. The molecule has 1 aliphatic rings. The minimum atomic E-state index is -0.190. The smallest absolute Gasteiger partial charge is 0.275 e. The van der Waals surface area contributed by atoms with E-state index in [1.54, 1.807) is 11.8 Å². The highest BCUT2D eigenvalue weighted by molar-refractivity contribution is 7.99. The van der Waals surface area contributed by atoms with Crippen LogP contribution in [0.3, 0.4) is 0 Å². The summed E-state index contributed by atoms with van der Waals surface area (Å²) in [6, 6.07) is 10.2. The van der Waals surface area contributed by atoms with Gasteiger partial charge in [0.1, 0.15) is 0 Å². The normalized spacial score (nSPS) is 15.9. The minimum absolute atomic E-state index is 0.0840. The average molecular weight is 365 g/mol. The van der Waals surface area contributed by atoms with Crippen molar-refractivity contribution in [1.29, 1.82) is 0 Å². The van der Waals surface area contributed by atoms with Crippen LogP contribution < -0.4 is 10.2 Å². The van der Waals surface area contributed by atoms with E-state index in [9.17, 15) is 9.59 Å². The quantitative estimate of drug-likeness (QED) is 0.776. The van der Waals surface area contributed by atoms with Gasteiger partial charge in [0, 0.05) is 11.3 Å². The molecule has 0 aromatic heterocycles. The van der Waals surface area contributed by atoms with Gasteiger partial charge in [0.25, 0.3) is 5.91 Å². The molecule has 1 saturated heterocycles. The molecule has 2 N–H and O–H groups in total. The highest BCUT2D eigenvalue weighted by atomic mass is 32.2. The van der Waals surface area contributed by atoms with Crippen LogP contribution in [0.15, 0.2) is 30.3 Å². The molecule has 0 radical (unpaired) electrons. The summed E-state index contributed by atoms with van der Waals surface area (Å²) in [4.78, 5) is 27.5. The monoisotopic (exact) mass is 364 g/mol. The summed E-state index contributed by atoms with van der Waals surface area (Å²) in [6.07, 6.45) is 0. The van der Waals surface area contributed by atoms with Crippen LogP contribution in [0.25, 0.3) is 0 Å². The molecule has 1 aromatic carbocycles. The summed E-state index contributed by atoms with van der Waals surface area (Å²) >= 11 is 1.66. The standard InChI is InChI=1S/C19H29N3O2S/c1-19(2,3)20-17(23)13-21-9-11-22(12-10-21)18(24)15-25-14-16-7-5-4-6-8-16/h4-8H,9-15H2,1-3H3,(H,20,23)/p+1. The van der Waals surface area contributed by atoms with Crippen LogP contribution in [0, 0.1) is 0 Å². The average Bonchev–Trinajstić information content (AvgIpc) is 2.54. The topological polar surface area (TPSA) is 53.9 Å². The van der Waals surface area contributed by atoms with Crippen LogP contribution in [-0.2, 0) is 15.3 Å². The van der Waals surface area contributed by atoms with E-state index in [1.165, 1.54) is 10.5 Å². The Labute approximate surface area is 155 Å². The summed E-state index contributed by atoms with van der Waals surface area (Å²) in [7, 11) is 0. The predicted molar refractivity (Wildman–Crippen MR) is 103 cm³/mol. The van der Waals surface area contributed by atoms with E-state index in [0.29, 0.717) is 12.3 Å². The lowest BCUT2D eigenvalue weighted by Gasteiger charge is -2.32. The molecule has 138 valence electrons. The molecule has 1 aliphatic heterocycles. The maximum absolute atomic E-state index is 12.3. The third-order valence-electron chi connectivity index (χ3n) is 4.09. The third kappa shape index (κ3) is 7.48. The summed E-state index contributed by atoms with van der Waals surface area (Å²) in [5.41, 5.74) is 1.06. The Morgan fingerprint density at radius 1 is 1.16 bits per heavy atom. The fraction of sp³-hybridized carbons (Fsp3) is 0.579. The molecule has 0 unspecified atom stereocenters. The second kappa shape index (κ2) is 9.25. The van der Waals surface area contributed by atoms with Crippen LogP contribution in [0.4, 0.5) is 0 Å². The van der Waals surface area contributed by atoms with Gasteiger partial charge in [-0.2, -0.15) is 0 Å². The van der Waals surface area contributed by atoms with Crippen LogP contribution >= 0.6 is 11.8 Å². The Morgan fingerprint density at radius 3 is 2.40 bits per heavy atom. The molecule has 2 amide bonds. The third-order valence-corrected chi connectivity index (χ3v) is 5.07. The largest absolute Gasteiger partial charge is 0.347 e. The van der Waals surface area contributed by atoms with Crippen LogP contribution in [-0.4, -0.2) is 60.7 Å². The molecule has 0 atom stereocenters. The summed E-state index contributed by atoms with van der Waals surface area (Å²) in [5, 5.41) is 3.00. The molecular formula is C19H30N3O2S+. The fourth-order valence-electron chi connectivity index (χ4n) is 2.86. The summed E-state index contributed by atoms with van der Waals surface area (Å²) < 4.78 is 0. The fourth-order valence-corrected chi connectivity index (χ4v) is 3.75. The van der Waals surface area contributed by atoms with E-state index in [2.05, 4.69) is 17.4 Å². The second-order valence-corrected chi connectivity index (χ2v) is 8.57. The number of benzene rings is 1. The lowest BCUT2D eigenvalue weighted by Crippen LogP contribution is -3.16. The molecule has 0 saturated carbocycles. The first-order valence-electron chi connectivity index (χ1n) is 8.87. The number of carbonyl (C=O) groups excluding carboxylic acids is 2. The predicted octanol–water partition coefficient (Wildman–Crippen LogP) is 0.562. The minimum Gasteiger partial charge on any atom is -0.347 e. The number of hydrogen-bond acceptors (Lipinski definition) is 3. The first-order chi connectivity index (χ1) is 11.8. The number of nitrogens with zero attached hydrogens (tertiary/aromatic N) is 1. The highest BCUT2D eigenvalue weighted by Crippen LogP contribution is 2.12. The summed E-state index contributed by atoms with van der Waals surface area (Å²) in [5.74, 6) is 1.68. The van der Waals surface area contributed by atoms with Crippen molar-refractivity contribution in [3.8, 4) is 0 Å². The Balaban J connectivity index is 1.65. The lowest BCUT2D eigenvalue weighted by atomic mass is 10.1. The van der Waals surface area contributed by atoms with Gasteiger partial charge in [0.05, 0.1) is 31.9 Å². The first-order valence-corrected chi connectivity index (χ1v) is 10.0. The van der Waals surface area contributed by atoms with E-state index in [4.69, 9.17) is 0 Å². The van der Waals surface area contributed by atoms with Crippen molar-refractivity contribution in [3.63, 3.8) is 0 Å². The number of hydrogen-bond donors (Lipinski definition) is 2. The van der Waals surface area contributed by atoms with Gasteiger partial charge in [0.2, 0.25) is 5.91 Å². The van der Waals surface area contributed by atoms with Crippen molar-refractivity contribution in [2.75, 3.05) is 38.5 Å².